The highest BCUT2D eigenvalue weighted by atomic mass is 35.5. The molecule has 0 unspecified atom stereocenters. The average molecular weight is 410 g/mol. The highest BCUT2D eigenvalue weighted by Crippen LogP contribution is 2.50. The summed E-state index contributed by atoms with van der Waals surface area (Å²) in [6, 6.07) is 5.27. The van der Waals surface area contributed by atoms with Crippen molar-refractivity contribution in [2.45, 2.75) is 5.41 Å². The normalized spacial score (nSPS) is 18.5. The number of phenolic OH excluding ortho intramolecular Hbond substituents is 1. The van der Waals surface area contributed by atoms with Gasteiger partial charge in [-0.15, -0.1) is 0 Å². The monoisotopic (exact) mass is 409 g/mol. The number of aromatic hydroxyl groups is 1. The second kappa shape index (κ2) is 6.22. The average Bonchev–Trinajstić information content (AvgIpc) is 2.88. The molecule has 0 aliphatic carbocycles. The molecular formula is C17H20ClN5O3S. The van der Waals surface area contributed by atoms with Gasteiger partial charge >= 0.3 is 0 Å². The fraction of sp³-hybridized carbons (Fsp3) is 0.412. The van der Waals surface area contributed by atoms with E-state index in [2.05, 4.69) is 14.9 Å². The van der Waals surface area contributed by atoms with Crippen LogP contribution in [0.25, 0.3) is 0 Å². The van der Waals surface area contributed by atoms with Crippen LogP contribution in [0.1, 0.15) is 5.56 Å². The molecule has 8 nitrogen and oxygen atoms in total. The molecule has 1 aromatic carbocycles. The van der Waals surface area contributed by atoms with Crippen LogP contribution in [0, 0.1) is 0 Å². The number of nitrogens with two attached hydrogens (primary N) is 1. The summed E-state index contributed by atoms with van der Waals surface area (Å²) in [5.41, 5.74) is 7.49. The largest absolute Gasteiger partial charge is 0.508 e. The number of nitrogen functional groups attached to an aromatic ring is 1. The number of sulfone groups is 1. The highest BCUT2D eigenvalue weighted by Gasteiger charge is 2.51. The van der Waals surface area contributed by atoms with Gasteiger partial charge in [0.05, 0.1) is 17.6 Å². The van der Waals surface area contributed by atoms with Gasteiger partial charge in [-0.2, -0.15) is 4.98 Å². The summed E-state index contributed by atoms with van der Waals surface area (Å²) in [6.07, 6.45) is 2.71. The van der Waals surface area contributed by atoms with Gasteiger partial charge in [-0.3, -0.25) is 0 Å². The van der Waals surface area contributed by atoms with E-state index < -0.39 is 9.84 Å². The van der Waals surface area contributed by atoms with Gasteiger partial charge in [-0.25, -0.2) is 13.4 Å². The Hall–Kier alpha value is -2.10. The molecule has 144 valence electrons. The van der Waals surface area contributed by atoms with Crippen LogP contribution in [0.3, 0.4) is 0 Å². The molecule has 3 heterocycles. The molecule has 1 aromatic heterocycles. The lowest BCUT2D eigenvalue weighted by Gasteiger charge is -2.48. The first-order valence-electron chi connectivity index (χ1n) is 8.46. The molecule has 2 aliphatic rings. The van der Waals surface area contributed by atoms with Crippen molar-refractivity contribution >= 4 is 38.9 Å². The van der Waals surface area contributed by atoms with Gasteiger partial charge in [0.2, 0.25) is 5.95 Å². The van der Waals surface area contributed by atoms with Crippen LogP contribution in [0.5, 0.6) is 5.75 Å². The number of nitrogens with zero attached hydrogens (tertiary/aromatic N) is 4. The third-order valence-corrected chi connectivity index (χ3v) is 6.33. The number of halogens is 1. The van der Waals surface area contributed by atoms with E-state index in [-0.39, 0.29) is 22.9 Å². The van der Waals surface area contributed by atoms with E-state index in [1.54, 1.807) is 12.1 Å². The van der Waals surface area contributed by atoms with E-state index >= 15 is 0 Å². The Labute approximate surface area is 162 Å². The SMILES string of the molecule is CS(=O)(=O)CCN1CC2(C1)CN(c1nc(N)ncc1Cl)c1cc(O)ccc12. The summed E-state index contributed by atoms with van der Waals surface area (Å²) >= 11 is 6.30. The van der Waals surface area contributed by atoms with E-state index in [4.69, 9.17) is 17.3 Å². The quantitative estimate of drug-likeness (QED) is 0.773. The number of phenols is 1. The van der Waals surface area contributed by atoms with E-state index in [1.165, 1.54) is 12.5 Å². The first-order valence-corrected chi connectivity index (χ1v) is 10.9. The van der Waals surface area contributed by atoms with Crippen molar-refractivity contribution < 1.29 is 13.5 Å². The van der Waals surface area contributed by atoms with Crippen molar-refractivity contribution in [2.75, 3.05) is 48.8 Å². The van der Waals surface area contributed by atoms with Crippen molar-refractivity contribution in [3.05, 3.63) is 35.0 Å². The molecule has 4 rings (SSSR count). The van der Waals surface area contributed by atoms with Crippen LogP contribution in [-0.2, 0) is 15.3 Å². The summed E-state index contributed by atoms with van der Waals surface area (Å²) in [4.78, 5) is 12.3. The predicted molar refractivity (Wildman–Crippen MR) is 104 cm³/mol. The number of hydrogen-bond acceptors (Lipinski definition) is 8. The molecule has 27 heavy (non-hydrogen) atoms. The smallest absolute Gasteiger partial charge is 0.222 e. The number of benzene rings is 1. The molecule has 1 fully saturated rings. The minimum Gasteiger partial charge on any atom is -0.508 e. The number of aromatic nitrogens is 2. The molecule has 1 spiro atoms. The van der Waals surface area contributed by atoms with Crippen LogP contribution < -0.4 is 10.6 Å². The Balaban J connectivity index is 1.65. The highest BCUT2D eigenvalue weighted by molar-refractivity contribution is 7.90. The van der Waals surface area contributed by atoms with Gasteiger partial charge in [0.25, 0.3) is 0 Å². The maximum absolute atomic E-state index is 11.4. The molecule has 10 heteroatoms. The minimum absolute atomic E-state index is 0.125. The van der Waals surface area contributed by atoms with Crippen molar-refractivity contribution in [1.82, 2.24) is 14.9 Å². The topological polar surface area (TPSA) is 113 Å². The van der Waals surface area contributed by atoms with E-state index in [9.17, 15) is 13.5 Å². The lowest BCUT2D eigenvalue weighted by molar-refractivity contribution is 0.0837. The molecule has 2 aromatic rings. The van der Waals surface area contributed by atoms with Crippen molar-refractivity contribution in [1.29, 1.82) is 0 Å². The first kappa shape index (κ1) is 18.3. The number of anilines is 3. The van der Waals surface area contributed by atoms with Crippen LogP contribution in [0.4, 0.5) is 17.5 Å². The van der Waals surface area contributed by atoms with Gasteiger partial charge in [-0.05, 0) is 11.6 Å². The Kier molecular flexibility index (Phi) is 4.21. The van der Waals surface area contributed by atoms with E-state index in [0.717, 1.165) is 24.3 Å². The molecule has 0 amide bonds. The van der Waals surface area contributed by atoms with Gasteiger partial charge in [0.1, 0.15) is 20.6 Å². The van der Waals surface area contributed by atoms with Crippen molar-refractivity contribution in [3.8, 4) is 5.75 Å². The molecule has 0 atom stereocenters. The predicted octanol–water partition coefficient (Wildman–Crippen LogP) is 1.17. The van der Waals surface area contributed by atoms with Crippen LogP contribution in [0.15, 0.2) is 24.4 Å². The van der Waals surface area contributed by atoms with Gasteiger partial charge < -0.3 is 20.6 Å². The lowest BCUT2D eigenvalue weighted by atomic mass is 9.75. The van der Waals surface area contributed by atoms with Crippen molar-refractivity contribution in [3.63, 3.8) is 0 Å². The summed E-state index contributed by atoms with van der Waals surface area (Å²) < 4.78 is 22.9. The zero-order chi connectivity index (χ0) is 19.4. The lowest BCUT2D eigenvalue weighted by Crippen LogP contribution is -2.61. The number of fused-ring (bicyclic) bond motifs is 2. The third kappa shape index (κ3) is 3.30. The fourth-order valence-corrected chi connectivity index (χ4v) is 4.73. The van der Waals surface area contributed by atoms with Gasteiger partial charge in [0.15, 0.2) is 5.82 Å². The first-order chi connectivity index (χ1) is 12.7. The summed E-state index contributed by atoms with van der Waals surface area (Å²) in [5, 5.41) is 10.4. The molecule has 3 N–H and O–H groups in total. The second-order valence-electron chi connectivity index (χ2n) is 7.31. The summed E-state index contributed by atoms with van der Waals surface area (Å²) in [5.74, 6) is 0.925. The minimum atomic E-state index is -2.99. The standard InChI is InChI=1S/C17H20ClN5O3S/c1-27(25,26)5-4-22-8-17(9-22)10-23(14-6-11(24)2-3-12(14)17)15-13(18)7-20-16(19)21-15/h2-3,6-7,24H,4-5,8-10H2,1H3,(H2,19,20,21). The molecule has 0 bridgehead atoms. The maximum atomic E-state index is 11.4. The Morgan fingerprint density at radius 3 is 2.78 bits per heavy atom. The molecule has 0 saturated carbocycles. The van der Waals surface area contributed by atoms with E-state index in [0.29, 0.717) is 23.9 Å². The number of rotatable bonds is 4. The van der Waals surface area contributed by atoms with Crippen LogP contribution >= 0.6 is 11.6 Å². The number of hydrogen-bond donors (Lipinski definition) is 2. The summed E-state index contributed by atoms with van der Waals surface area (Å²) in [6.45, 7) is 2.59. The summed E-state index contributed by atoms with van der Waals surface area (Å²) in [7, 11) is -2.99. The Morgan fingerprint density at radius 2 is 2.07 bits per heavy atom. The van der Waals surface area contributed by atoms with Crippen LogP contribution in [-0.4, -0.2) is 66.6 Å². The fourth-order valence-electron chi connectivity index (χ4n) is 3.95. The van der Waals surface area contributed by atoms with E-state index in [1.807, 2.05) is 11.0 Å². The molecular weight excluding hydrogens is 390 g/mol. The zero-order valence-corrected chi connectivity index (χ0v) is 16.3. The zero-order valence-electron chi connectivity index (χ0n) is 14.8. The Bertz CT molecular complexity index is 1010. The van der Waals surface area contributed by atoms with Gasteiger partial charge in [0, 0.05) is 43.9 Å². The maximum Gasteiger partial charge on any atom is 0.222 e. The Morgan fingerprint density at radius 1 is 1.33 bits per heavy atom. The third-order valence-electron chi connectivity index (χ3n) is 5.13. The molecule has 0 radical (unpaired) electrons. The van der Waals surface area contributed by atoms with Crippen LogP contribution in [0.2, 0.25) is 5.02 Å². The van der Waals surface area contributed by atoms with Crippen molar-refractivity contribution in [2.24, 2.45) is 0 Å². The number of likely N-dealkylation sites (tertiary alicyclic amines) is 1. The van der Waals surface area contributed by atoms with Gasteiger partial charge in [-0.1, -0.05) is 17.7 Å². The second-order valence-corrected chi connectivity index (χ2v) is 9.98. The molecule has 1 saturated heterocycles. The molecule has 2 aliphatic heterocycles.